The monoisotopic (exact) mass is 516 g/mol. The maximum absolute atomic E-state index is 8.24. The first-order valence-corrected chi connectivity index (χ1v) is 12.6. The fourth-order valence-electron chi connectivity index (χ4n) is 5.54. The Bertz CT molecular complexity index is 2340. The van der Waals surface area contributed by atoms with E-state index in [4.69, 9.17) is 21.7 Å². The Balaban J connectivity index is 1.51. The van der Waals surface area contributed by atoms with Crippen molar-refractivity contribution in [3.8, 4) is 28.2 Å². The Morgan fingerprint density at radius 3 is 2.31 bits per heavy atom. The van der Waals surface area contributed by atoms with Gasteiger partial charge in [0.25, 0.3) is 0 Å². The second kappa shape index (κ2) is 8.67. The topological polar surface area (TPSA) is 43.9 Å². The third kappa shape index (κ3) is 3.59. The molecule has 4 nitrogen and oxygen atoms in total. The molecule has 4 aromatic carbocycles. The van der Waals surface area contributed by atoms with Gasteiger partial charge in [-0.05, 0) is 86.5 Å². The number of pyridine rings is 1. The molecule has 190 valence electrons. The number of benzene rings is 4. The first-order valence-electron chi connectivity index (χ1n) is 17.1. The maximum atomic E-state index is 8.24. The van der Waals surface area contributed by atoms with Gasteiger partial charge < -0.3 is 4.42 Å². The summed E-state index contributed by atoms with van der Waals surface area (Å²) in [6, 6.07) is 23.4. The van der Waals surface area contributed by atoms with Gasteiger partial charge in [-0.15, -0.1) is 0 Å². The smallest absolute Gasteiger partial charge is 0.227 e. The first-order chi connectivity index (χ1) is 22.5. The summed E-state index contributed by atoms with van der Waals surface area (Å²) >= 11 is 0. The predicted molar refractivity (Wildman–Crippen MR) is 161 cm³/mol. The summed E-state index contributed by atoms with van der Waals surface area (Å²) in [6.45, 7) is -4.24. The van der Waals surface area contributed by atoms with E-state index >= 15 is 0 Å². The molecule has 3 aromatic heterocycles. The lowest BCUT2D eigenvalue weighted by molar-refractivity contribution is 0.654. The Morgan fingerprint density at radius 2 is 1.54 bits per heavy atom. The summed E-state index contributed by atoms with van der Waals surface area (Å²) < 4.78 is 81.6. The molecule has 0 amide bonds. The van der Waals surface area contributed by atoms with Gasteiger partial charge in [0.15, 0.2) is 0 Å². The van der Waals surface area contributed by atoms with E-state index in [2.05, 4.69) is 35.5 Å². The molecule has 0 aliphatic carbocycles. The van der Waals surface area contributed by atoms with Gasteiger partial charge in [-0.3, -0.25) is 4.57 Å². The van der Waals surface area contributed by atoms with E-state index in [1.807, 2.05) is 48.5 Å². The van der Waals surface area contributed by atoms with Gasteiger partial charge >= 0.3 is 0 Å². The number of aryl methyl sites for hydroxylation is 5. The summed E-state index contributed by atoms with van der Waals surface area (Å²) in [5, 5.41) is 1.20. The number of imidazole rings is 1. The predicted octanol–water partition coefficient (Wildman–Crippen LogP) is 9.20. The van der Waals surface area contributed by atoms with Crippen molar-refractivity contribution in [1.82, 2.24) is 14.5 Å². The van der Waals surface area contributed by atoms with Crippen LogP contribution < -0.4 is 0 Å². The van der Waals surface area contributed by atoms with Crippen molar-refractivity contribution in [3.63, 3.8) is 0 Å². The van der Waals surface area contributed by atoms with Gasteiger partial charge in [-0.2, -0.15) is 0 Å². The van der Waals surface area contributed by atoms with Gasteiger partial charge in [0.1, 0.15) is 11.4 Å². The SMILES string of the molecule is [2H]C([2H])([2H])c1cc(C([2H])([2H])[2H])c(-c2cnc3oc4c(-c5nc6ccccc6n5-c5c(C)cccc5C)cccc4c3c2)c(C([2H])([2H])[2H])c1. The number of furan rings is 1. The van der Waals surface area contributed by atoms with Gasteiger partial charge in [-0.1, -0.05) is 60.2 Å². The molecule has 0 radical (unpaired) electrons. The quantitative estimate of drug-likeness (QED) is 0.235. The summed E-state index contributed by atoms with van der Waals surface area (Å²) in [7, 11) is 0. The van der Waals surface area contributed by atoms with Crippen molar-refractivity contribution in [3.05, 3.63) is 113 Å². The summed E-state index contributed by atoms with van der Waals surface area (Å²) in [5.74, 6) is 0.660. The van der Waals surface area contributed by atoms with Crippen LogP contribution in [0.5, 0.6) is 0 Å². The maximum Gasteiger partial charge on any atom is 0.227 e. The third-order valence-electron chi connectivity index (χ3n) is 7.25. The van der Waals surface area contributed by atoms with Gasteiger partial charge in [0.2, 0.25) is 5.71 Å². The van der Waals surface area contributed by atoms with E-state index in [0.29, 0.717) is 27.7 Å². The first kappa shape index (κ1) is 15.6. The summed E-state index contributed by atoms with van der Waals surface area (Å²) in [5.41, 5.74) is 5.36. The molecule has 0 atom stereocenters. The average Bonchev–Trinajstić information content (AvgIpc) is 3.57. The molecule has 7 rings (SSSR count). The number of fused-ring (bicyclic) bond motifs is 4. The zero-order chi connectivity index (χ0) is 34.3. The van der Waals surface area contributed by atoms with E-state index in [-0.39, 0.29) is 33.5 Å². The highest BCUT2D eigenvalue weighted by atomic mass is 16.3. The molecule has 0 saturated carbocycles. The number of para-hydroxylation sites is 4. The molecule has 0 unspecified atom stereocenters. The molecule has 0 aliphatic rings. The lowest BCUT2D eigenvalue weighted by Gasteiger charge is -2.15. The van der Waals surface area contributed by atoms with Crippen molar-refractivity contribution in [2.24, 2.45) is 0 Å². The minimum absolute atomic E-state index is 0.0975. The summed E-state index contributed by atoms with van der Waals surface area (Å²) in [4.78, 5) is 9.57. The standard InChI is InChI=1S/C35H29N3O/c1-20-16-23(4)31(24(5)17-20)25-18-28-26-12-9-13-27(33(26)39-35(28)36-19-25)34-37-29-14-6-7-15-30(29)38(34)32-21(2)10-8-11-22(32)3/h6-19H,1-5H3/i1D3,4D3,5D3. The molecule has 0 fully saturated rings. The lowest BCUT2D eigenvalue weighted by atomic mass is 9.94. The van der Waals surface area contributed by atoms with Crippen LogP contribution in [0.15, 0.2) is 89.5 Å². The Morgan fingerprint density at radius 1 is 0.769 bits per heavy atom. The molecule has 3 heterocycles. The lowest BCUT2D eigenvalue weighted by Crippen LogP contribution is -2.02. The van der Waals surface area contributed by atoms with Gasteiger partial charge in [0.05, 0.1) is 22.3 Å². The van der Waals surface area contributed by atoms with Crippen LogP contribution in [0, 0.1) is 34.4 Å². The molecule has 0 spiro atoms. The van der Waals surface area contributed by atoms with Crippen molar-refractivity contribution in [2.75, 3.05) is 0 Å². The summed E-state index contributed by atoms with van der Waals surface area (Å²) in [6.07, 6.45) is 1.37. The molecule has 0 N–H and O–H groups in total. The number of aromatic nitrogens is 3. The number of hydrogen-bond acceptors (Lipinski definition) is 3. The number of nitrogens with zero attached hydrogens (tertiary/aromatic N) is 3. The van der Waals surface area contributed by atoms with E-state index in [9.17, 15) is 0 Å². The molecule has 0 bridgehead atoms. The van der Waals surface area contributed by atoms with E-state index in [1.54, 1.807) is 6.07 Å². The minimum atomic E-state index is -2.82. The molecule has 39 heavy (non-hydrogen) atoms. The minimum Gasteiger partial charge on any atom is -0.437 e. The second-order valence-corrected chi connectivity index (χ2v) is 9.81. The highest BCUT2D eigenvalue weighted by Gasteiger charge is 2.22. The van der Waals surface area contributed by atoms with Crippen LogP contribution in [0.2, 0.25) is 0 Å². The Labute approximate surface area is 240 Å². The largest absolute Gasteiger partial charge is 0.437 e. The molecule has 0 saturated heterocycles. The van der Waals surface area contributed by atoms with Crippen molar-refractivity contribution in [1.29, 1.82) is 0 Å². The normalized spacial score (nSPS) is 16.1. The van der Waals surface area contributed by atoms with Crippen LogP contribution in [0.3, 0.4) is 0 Å². The zero-order valence-electron chi connectivity index (χ0n) is 30.3. The Kier molecular flexibility index (Phi) is 3.48. The van der Waals surface area contributed by atoms with E-state index in [1.165, 1.54) is 6.20 Å². The van der Waals surface area contributed by atoms with E-state index in [0.717, 1.165) is 40.0 Å². The fraction of sp³-hybridized carbons (Fsp3) is 0.143. The van der Waals surface area contributed by atoms with Crippen LogP contribution in [-0.4, -0.2) is 14.5 Å². The highest BCUT2D eigenvalue weighted by Crippen LogP contribution is 2.39. The van der Waals surface area contributed by atoms with Gasteiger partial charge in [0, 0.05) is 34.9 Å². The molecule has 7 aromatic rings. The second-order valence-electron chi connectivity index (χ2n) is 9.81. The molecular formula is C35H29N3O. The van der Waals surface area contributed by atoms with Crippen LogP contribution in [0.4, 0.5) is 0 Å². The van der Waals surface area contributed by atoms with E-state index < -0.39 is 20.6 Å². The fourth-order valence-corrected chi connectivity index (χ4v) is 5.54. The molecular weight excluding hydrogens is 478 g/mol. The highest BCUT2D eigenvalue weighted by molar-refractivity contribution is 6.09. The van der Waals surface area contributed by atoms with Crippen LogP contribution in [0.25, 0.3) is 61.3 Å². The van der Waals surface area contributed by atoms with Crippen molar-refractivity contribution >= 4 is 33.1 Å². The van der Waals surface area contributed by atoms with Crippen molar-refractivity contribution in [2.45, 2.75) is 34.4 Å². The molecule has 0 aliphatic heterocycles. The van der Waals surface area contributed by atoms with Gasteiger partial charge in [-0.25, -0.2) is 9.97 Å². The number of hydrogen-bond donors (Lipinski definition) is 0. The van der Waals surface area contributed by atoms with Crippen LogP contribution in [0.1, 0.15) is 40.2 Å². The van der Waals surface area contributed by atoms with Crippen molar-refractivity contribution < 1.29 is 16.8 Å². The van der Waals surface area contributed by atoms with Crippen LogP contribution >= 0.6 is 0 Å². The number of rotatable bonds is 3. The Hall–Kier alpha value is -4.70. The third-order valence-corrected chi connectivity index (χ3v) is 7.25. The zero-order valence-corrected chi connectivity index (χ0v) is 21.3. The van der Waals surface area contributed by atoms with Crippen LogP contribution in [-0.2, 0) is 0 Å². The molecule has 4 heteroatoms. The average molecular weight is 517 g/mol.